The number of halogens is 4. The van der Waals surface area contributed by atoms with Crippen LogP contribution in [0.3, 0.4) is 0 Å². The predicted molar refractivity (Wildman–Crippen MR) is 77.0 cm³/mol. The minimum Gasteiger partial charge on any atom is -0.432 e. The molecule has 19 heavy (non-hydrogen) atoms. The van der Waals surface area contributed by atoms with E-state index in [0.29, 0.717) is 11.3 Å². The standard InChI is InChI=1S/C12H13Cl2F2NOS/c1-6-10(2-3-19-6)17-7-4-8(13)11(9(14)5-7)18-12(15)16/h4-6,10,12,17H,2-3H2,1H3. The van der Waals surface area contributed by atoms with Crippen molar-refractivity contribution in [3.8, 4) is 5.75 Å². The van der Waals surface area contributed by atoms with Crippen LogP contribution in [0, 0.1) is 0 Å². The molecule has 7 heteroatoms. The van der Waals surface area contributed by atoms with E-state index in [4.69, 9.17) is 23.2 Å². The molecule has 1 aromatic rings. The smallest absolute Gasteiger partial charge is 0.387 e. The summed E-state index contributed by atoms with van der Waals surface area (Å²) in [6, 6.07) is 3.45. The van der Waals surface area contributed by atoms with Gasteiger partial charge in [0.1, 0.15) is 0 Å². The van der Waals surface area contributed by atoms with Crippen LogP contribution in [-0.2, 0) is 0 Å². The minimum atomic E-state index is -2.94. The van der Waals surface area contributed by atoms with Crippen molar-refractivity contribution in [1.82, 2.24) is 0 Å². The van der Waals surface area contributed by atoms with Crippen LogP contribution in [0.1, 0.15) is 13.3 Å². The number of thioether (sulfide) groups is 1. The Bertz CT molecular complexity index is 438. The van der Waals surface area contributed by atoms with Crippen LogP contribution >= 0.6 is 35.0 Å². The molecule has 0 amide bonds. The molecule has 2 rings (SSSR count). The average Bonchev–Trinajstić information content (AvgIpc) is 2.69. The third-order valence-electron chi connectivity index (χ3n) is 2.93. The summed E-state index contributed by atoms with van der Waals surface area (Å²) in [5.74, 6) is 0.921. The summed E-state index contributed by atoms with van der Waals surface area (Å²) in [5.41, 5.74) is 0.718. The predicted octanol–water partition coefficient (Wildman–Crippen LogP) is 4.90. The molecule has 1 aromatic carbocycles. The third kappa shape index (κ3) is 3.80. The summed E-state index contributed by atoms with van der Waals surface area (Å²) in [5, 5.41) is 3.97. The van der Waals surface area contributed by atoms with Crippen molar-refractivity contribution < 1.29 is 13.5 Å². The van der Waals surface area contributed by atoms with Crippen molar-refractivity contribution in [2.75, 3.05) is 11.1 Å². The Balaban J connectivity index is 2.15. The molecule has 1 aliphatic rings. The topological polar surface area (TPSA) is 21.3 Å². The lowest BCUT2D eigenvalue weighted by Crippen LogP contribution is -2.24. The molecule has 2 unspecified atom stereocenters. The fourth-order valence-electron chi connectivity index (χ4n) is 1.98. The Hall–Kier alpha value is -0.390. The second kappa shape index (κ2) is 6.37. The lowest BCUT2D eigenvalue weighted by molar-refractivity contribution is -0.0497. The van der Waals surface area contributed by atoms with E-state index in [0.717, 1.165) is 17.9 Å². The van der Waals surface area contributed by atoms with Crippen molar-refractivity contribution in [2.24, 2.45) is 0 Å². The molecule has 1 heterocycles. The highest BCUT2D eigenvalue weighted by molar-refractivity contribution is 8.00. The largest absolute Gasteiger partial charge is 0.432 e. The maximum absolute atomic E-state index is 12.2. The van der Waals surface area contributed by atoms with Crippen LogP contribution in [0.4, 0.5) is 14.5 Å². The zero-order valence-electron chi connectivity index (χ0n) is 10.1. The number of hydrogen-bond acceptors (Lipinski definition) is 3. The van der Waals surface area contributed by atoms with Gasteiger partial charge in [-0.15, -0.1) is 0 Å². The van der Waals surface area contributed by atoms with Gasteiger partial charge in [-0.05, 0) is 24.3 Å². The summed E-state index contributed by atoms with van der Waals surface area (Å²) in [7, 11) is 0. The van der Waals surface area contributed by atoms with Crippen LogP contribution in [0.15, 0.2) is 12.1 Å². The van der Waals surface area contributed by atoms with E-state index in [-0.39, 0.29) is 15.8 Å². The first-order chi connectivity index (χ1) is 8.97. The summed E-state index contributed by atoms with van der Waals surface area (Å²) in [4.78, 5) is 0. The molecule has 2 atom stereocenters. The van der Waals surface area contributed by atoms with Crippen LogP contribution in [-0.4, -0.2) is 23.7 Å². The summed E-state index contributed by atoms with van der Waals surface area (Å²) in [6.45, 7) is -0.799. The molecule has 0 aromatic heterocycles. The van der Waals surface area contributed by atoms with Crippen LogP contribution < -0.4 is 10.1 Å². The molecule has 1 aliphatic heterocycles. The fraction of sp³-hybridized carbons (Fsp3) is 0.500. The SMILES string of the molecule is CC1SCCC1Nc1cc(Cl)c(OC(F)F)c(Cl)c1. The van der Waals surface area contributed by atoms with Crippen LogP contribution in [0.2, 0.25) is 10.0 Å². The molecule has 0 spiro atoms. The number of benzene rings is 1. The zero-order chi connectivity index (χ0) is 14.0. The van der Waals surface area contributed by atoms with Gasteiger partial charge in [0.2, 0.25) is 0 Å². The maximum Gasteiger partial charge on any atom is 0.387 e. The average molecular weight is 328 g/mol. The third-order valence-corrected chi connectivity index (χ3v) is 4.82. The van der Waals surface area contributed by atoms with Crippen molar-refractivity contribution in [3.63, 3.8) is 0 Å². The highest BCUT2D eigenvalue weighted by atomic mass is 35.5. The Morgan fingerprint density at radius 2 is 2.00 bits per heavy atom. The molecule has 0 bridgehead atoms. The van der Waals surface area contributed by atoms with Gasteiger partial charge in [0.25, 0.3) is 0 Å². The van der Waals surface area contributed by atoms with Gasteiger partial charge in [-0.1, -0.05) is 30.1 Å². The van der Waals surface area contributed by atoms with Crippen molar-refractivity contribution in [1.29, 1.82) is 0 Å². The highest BCUT2D eigenvalue weighted by Crippen LogP contribution is 2.38. The Morgan fingerprint density at radius 3 is 2.47 bits per heavy atom. The molecule has 1 N–H and O–H groups in total. The van der Waals surface area contributed by atoms with Gasteiger partial charge >= 0.3 is 6.61 Å². The minimum absolute atomic E-state index is 0.0774. The quantitative estimate of drug-likeness (QED) is 0.849. The summed E-state index contributed by atoms with van der Waals surface area (Å²) >= 11 is 13.7. The highest BCUT2D eigenvalue weighted by Gasteiger charge is 2.24. The van der Waals surface area contributed by atoms with E-state index in [1.54, 1.807) is 12.1 Å². The first-order valence-corrected chi connectivity index (χ1v) is 7.60. The number of anilines is 1. The van der Waals surface area contributed by atoms with Gasteiger partial charge in [0, 0.05) is 17.0 Å². The van der Waals surface area contributed by atoms with Gasteiger partial charge in [-0.3, -0.25) is 0 Å². The van der Waals surface area contributed by atoms with E-state index in [9.17, 15) is 8.78 Å². The van der Waals surface area contributed by atoms with Crippen LogP contribution in [0.25, 0.3) is 0 Å². The van der Waals surface area contributed by atoms with E-state index >= 15 is 0 Å². The fourth-order valence-corrected chi connectivity index (χ4v) is 3.75. The van der Waals surface area contributed by atoms with E-state index in [1.807, 2.05) is 11.8 Å². The number of alkyl halides is 2. The molecular weight excluding hydrogens is 315 g/mol. The first kappa shape index (κ1) is 15.0. The molecular formula is C12H13Cl2F2NOS. The number of rotatable bonds is 4. The van der Waals surface area contributed by atoms with E-state index < -0.39 is 6.61 Å². The Labute approximate surface area is 124 Å². The lowest BCUT2D eigenvalue weighted by atomic mass is 10.1. The van der Waals surface area contributed by atoms with E-state index in [2.05, 4.69) is 17.0 Å². The summed E-state index contributed by atoms with van der Waals surface area (Å²) in [6.07, 6.45) is 1.05. The van der Waals surface area contributed by atoms with Crippen molar-refractivity contribution >= 4 is 40.7 Å². The monoisotopic (exact) mass is 327 g/mol. The number of nitrogens with one attached hydrogen (secondary N) is 1. The molecule has 0 radical (unpaired) electrons. The van der Waals surface area contributed by atoms with Gasteiger partial charge in [-0.2, -0.15) is 20.5 Å². The number of ether oxygens (including phenoxy) is 1. The van der Waals surface area contributed by atoms with E-state index in [1.165, 1.54) is 0 Å². The molecule has 0 saturated carbocycles. The van der Waals surface area contributed by atoms with Gasteiger partial charge in [0.05, 0.1) is 10.0 Å². The molecule has 2 nitrogen and oxygen atoms in total. The Morgan fingerprint density at radius 1 is 1.37 bits per heavy atom. The number of hydrogen-bond donors (Lipinski definition) is 1. The Kier molecular flexibility index (Phi) is 5.03. The van der Waals surface area contributed by atoms with Crippen molar-refractivity contribution in [3.05, 3.63) is 22.2 Å². The maximum atomic E-state index is 12.2. The lowest BCUT2D eigenvalue weighted by Gasteiger charge is -2.19. The second-order valence-corrected chi connectivity index (χ2v) is 6.56. The summed E-state index contributed by atoms with van der Waals surface area (Å²) < 4.78 is 28.7. The van der Waals surface area contributed by atoms with Gasteiger partial charge in [0.15, 0.2) is 5.75 Å². The normalized spacial score (nSPS) is 22.8. The molecule has 1 fully saturated rings. The second-order valence-electron chi connectivity index (χ2n) is 4.26. The first-order valence-electron chi connectivity index (χ1n) is 5.79. The zero-order valence-corrected chi connectivity index (χ0v) is 12.5. The van der Waals surface area contributed by atoms with Crippen molar-refractivity contribution in [2.45, 2.75) is 31.2 Å². The van der Waals surface area contributed by atoms with Crippen LogP contribution in [0.5, 0.6) is 5.75 Å². The van der Waals surface area contributed by atoms with Gasteiger partial charge in [-0.25, -0.2) is 0 Å². The molecule has 1 saturated heterocycles. The van der Waals surface area contributed by atoms with Gasteiger partial charge < -0.3 is 10.1 Å². The molecule has 106 valence electrons. The molecule has 0 aliphatic carbocycles.